The maximum atomic E-state index is 12.4. The van der Waals surface area contributed by atoms with Crippen molar-refractivity contribution in [3.8, 4) is 0 Å². The molecule has 6 heteroatoms. The Bertz CT molecular complexity index is 925. The van der Waals surface area contributed by atoms with Crippen LogP contribution in [0.25, 0.3) is 6.08 Å². The van der Waals surface area contributed by atoms with Crippen molar-refractivity contribution < 1.29 is 13.2 Å². The van der Waals surface area contributed by atoms with Gasteiger partial charge in [0.15, 0.2) is 5.78 Å². The summed E-state index contributed by atoms with van der Waals surface area (Å²) in [7, 11) is -0.538. The Morgan fingerprint density at radius 2 is 1.45 bits per heavy atom. The molecule has 0 heterocycles. The van der Waals surface area contributed by atoms with E-state index in [1.165, 1.54) is 38.0 Å². The molecule has 0 unspecified atom stereocenters. The van der Waals surface area contributed by atoms with E-state index in [9.17, 15) is 13.2 Å². The van der Waals surface area contributed by atoms with Crippen molar-refractivity contribution in [2.45, 2.75) is 31.6 Å². The Morgan fingerprint density at radius 1 is 0.897 bits per heavy atom. The van der Waals surface area contributed by atoms with Gasteiger partial charge in [-0.05, 0) is 60.9 Å². The fourth-order valence-corrected chi connectivity index (χ4v) is 3.88. The van der Waals surface area contributed by atoms with Crippen LogP contribution in [0.5, 0.6) is 0 Å². The van der Waals surface area contributed by atoms with E-state index in [1.807, 2.05) is 12.1 Å². The molecule has 5 nitrogen and oxygen atoms in total. The van der Waals surface area contributed by atoms with Gasteiger partial charge >= 0.3 is 0 Å². The molecule has 2 rings (SSSR count). The lowest BCUT2D eigenvalue weighted by molar-refractivity contribution is 0.104. The van der Waals surface area contributed by atoms with Crippen LogP contribution in [0.2, 0.25) is 0 Å². The van der Waals surface area contributed by atoms with Gasteiger partial charge in [0.2, 0.25) is 10.0 Å². The lowest BCUT2D eigenvalue weighted by atomic mass is 10.1. The standard InChI is InChI=1S/C23H30N2O3S/c1-5-17-25(18-6-2)21-12-7-19(8-13-21)9-16-23(26)20-10-14-22(15-11-20)29(27,28)24(3)4/h7-16H,5-6,17-18H2,1-4H3/b16-9+. The minimum atomic E-state index is -3.49. The zero-order valence-corrected chi connectivity index (χ0v) is 18.4. The fraction of sp³-hybridized carbons (Fsp3) is 0.348. The highest BCUT2D eigenvalue weighted by Crippen LogP contribution is 2.18. The average Bonchev–Trinajstić information content (AvgIpc) is 2.72. The summed E-state index contributed by atoms with van der Waals surface area (Å²) in [5.74, 6) is -0.165. The number of nitrogens with zero attached hydrogens (tertiary/aromatic N) is 2. The summed E-state index contributed by atoms with van der Waals surface area (Å²) >= 11 is 0. The van der Waals surface area contributed by atoms with Crippen LogP contribution in [0.3, 0.4) is 0 Å². The molecule has 0 fully saturated rings. The van der Waals surface area contributed by atoms with Crippen LogP contribution >= 0.6 is 0 Å². The first-order chi connectivity index (χ1) is 13.8. The molecule has 0 aliphatic carbocycles. The summed E-state index contributed by atoms with van der Waals surface area (Å²) < 4.78 is 25.4. The lowest BCUT2D eigenvalue weighted by Crippen LogP contribution is -2.24. The second-order valence-corrected chi connectivity index (χ2v) is 9.24. The number of hydrogen-bond acceptors (Lipinski definition) is 4. The highest BCUT2D eigenvalue weighted by Gasteiger charge is 2.17. The lowest BCUT2D eigenvalue weighted by Gasteiger charge is -2.23. The van der Waals surface area contributed by atoms with E-state index in [0.29, 0.717) is 5.56 Å². The van der Waals surface area contributed by atoms with Crippen LogP contribution in [-0.4, -0.2) is 45.7 Å². The molecule has 0 aromatic heterocycles. The van der Waals surface area contributed by atoms with Gasteiger partial charge in [-0.3, -0.25) is 4.79 Å². The van der Waals surface area contributed by atoms with E-state index < -0.39 is 10.0 Å². The Balaban J connectivity index is 2.08. The minimum absolute atomic E-state index is 0.165. The number of sulfonamides is 1. The van der Waals surface area contributed by atoms with Crippen LogP contribution in [0, 0.1) is 0 Å². The largest absolute Gasteiger partial charge is 0.372 e. The number of benzene rings is 2. The quantitative estimate of drug-likeness (QED) is 0.425. The van der Waals surface area contributed by atoms with Crippen LogP contribution < -0.4 is 4.90 Å². The van der Waals surface area contributed by atoms with E-state index in [1.54, 1.807) is 18.2 Å². The Kier molecular flexibility index (Phi) is 8.17. The normalized spacial score (nSPS) is 11.9. The van der Waals surface area contributed by atoms with E-state index in [-0.39, 0.29) is 10.7 Å². The van der Waals surface area contributed by atoms with Crippen molar-refractivity contribution in [3.63, 3.8) is 0 Å². The predicted octanol–water partition coefficient (Wildman–Crippen LogP) is 4.46. The predicted molar refractivity (Wildman–Crippen MR) is 120 cm³/mol. The molecule has 0 radical (unpaired) electrons. The molecule has 2 aromatic carbocycles. The number of anilines is 1. The SMILES string of the molecule is CCCN(CCC)c1ccc(/C=C/C(=O)c2ccc(S(=O)(=O)N(C)C)cc2)cc1. The molecule has 0 aliphatic heterocycles. The van der Waals surface area contributed by atoms with Crippen molar-refractivity contribution in [1.29, 1.82) is 0 Å². The number of hydrogen-bond donors (Lipinski definition) is 0. The van der Waals surface area contributed by atoms with Gasteiger partial charge in [0.25, 0.3) is 0 Å². The van der Waals surface area contributed by atoms with Crippen molar-refractivity contribution in [2.75, 3.05) is 32.1 Å². The summed E-state index contributed by atoms with van der Waals surface area (Å²) in [4.78, 5) is 14.9. The van der Waals surface area contributed by atoms with Crippen LogP contribution in [-0.2, 0) is 10.0 Å². The average molecular weight is 415 g/mol. The Morgan fingerprint density at radius 3 is 1.93 bits per heavy atom. The first-order valence-electron chi connectivity index (χ1n) is 9.89. The van der Waals surface area contributed by atoms with Crippen molar-refractivity contribution in [3.05, 3.63) is 65.7 Å². The molecule has 0 saturated carbocycles. The molecule has 29 heavy (non-hydrogen) atoms. The number of allylic oxidation sites excluding steroid dienone is 1. The summed E-state index contributed by atoms with van der Waals surface area (Å²) in [5, 5.41) is 0. The first-order valence-corrected chi connectivity index (χ1v) is 11.3. The molecule has 0 bridgehead atoms. The zero-order chi connectivity index (χ0) is 21.4. The van der Waals surface area contributed by atoms with Gasteiger partial charge in [-0.15, -0.1) is 0 Å². The van der Waals surface area contributed by atoms with Crippen molar-refractivity contribution in [2.24, 2.45) is 0 Å². The molecule has 156 valence electrons. The molecule has 0 atom stereocenters. The monoisotopic (exact) mass is 414 g/mol. The van der Waals surface area contributed by atoms with Crippen molar-refractivity contribution >= 4 is 27.6 Å². The van der Waals surface area contributed by atoms with Gasteiger partial charge in [0, 0.05) is 38.4 Å². The number of rotatable bonds is 10. The molecular formula is C23H30N2O3S. The summed E-state index contributed by atoms with van der Waals surface area (Å²) in [5.41, 5.74) is 2.59. The molecule has 0 aliphatic rings. The third kappa shape index (κ3) is 6.02. The van der Waals surface area contributed by atoms with E-state index in [4.69, 9.17) is 0 Å². The summed E-state index contributed by atoms with van der Waals surface area (Å²) in [6.45, 7) is 6.41. The maximum absolute atomic E-state index is 12.4. The summed E-state index contributed by atoms with van der Waals surface area (Å²) in [6, 6.07) is 14.2. The van der Waals surface area contributed by atoms with Crippen LogP contribution in [0.1, 0.15) is 42.6 Å². The van der Waals surface area contributed by atoms with Gasteiger partial charge in [0.1, 0.15) is 0 Å². The smallest absolute Gasteiger partial charge is 0.242 e. The van der Waals surface area contributed by atoms with Crippen LogP contribution in [0.4, 0.5) is 5.69 Å². The highest BCUT2D eigenvalue weighted by atomic mass is 32.2. The first kappa shape index (κ1) is 22.8. The zero-order valence-electron chi connectivity index (χ0n) is 17.6. The minimum Gasteiger partial charge on any atom is -0.372 e. The van der Waals surface area contributed by atoms with Crippen molar-refractivity contribution in [1.82, 2.24) is 4.31 Å². The molecule has 0 spiro atoms. The van der Waals surface area contributed by atoms with Gasteiger partial charge in [0.05, 0.1) is 4.90 Å². The number of carbonyl (C=O) groups is 1. The molecule has 2 aromatic rings. The topological polar surface area (TPSA) is 57.7 Å². The van der Waals surface area contributed by atoms with Crippen LogP contribution in [0.15, 0.2) is 59.5 Å². The number of ketones is 1. The third-order valence-corrected chi connectivity index (χ3v) is 6.42. The number of carbonyl (C=O) groups excluding carboxylic acids is 1. The third-order valence-electron chi connectivity index (χ3n) is 4.59. The maximum Gasteiger partial charge on any atom is 0.242 e. The molecular weight excluding hydrogens is 384 g/mol. The fourth-order valence-electron chi connectivity index (χ4n) is 2.98. The van der Waals surface area contributed by atoms with E-state index in [0.717, 1.165) is 35.8 Å². The van der Waals surface area contributed by atoms with Gasteiger partial charge in [-0.2, -0.15) is 0 Å². The Labute approximate surface area is 174 Å². The second-order valence-electron chi connectivity index (χ2n) is 7.09. The highest BCUT2D eigenvalue weighted by molar-refractivity contribution is 7.89. The Hall–Kier alpha value is -2.44. The molecule has 0 N–H and O–H groups in total. The van der Waals surface area contributed by atoms with E-state index >= 15 is 0 Å². The summed E-state index contributed by atoms with van der Waals surface area (Å²) in [6.07, 6.45) is 5.50. The van der Waals surface area contributed by atoms with Gasteiger partial charge < -0.3 is 4.90 Å². The van der Waals surface area contributed by atoms with Gasteiger partial charge in [-0.1, -0.05) is 32.1 Å². The van der Waals surface area contributed by atoms with E-state index in [2.05, 4.69) is 30.9 Å². The second kappa shape index (κ2) is 10.4. The molecule has 0 amide bonds. The van der Waals surface area contributed by atoms with Gasteiger partial charge in [-0.25, -0.2) is 12.7 Å². The molecule has 0 saturated heterocycles.